The van der Waals surface area contributed by atoms with Crippen LogP contribution in [0.3, 0.4) is 0 Å². The van der Waals surface area contributed by atoms with Crippen molar-refractivity contribution in [3.05, 3.63) is 87.2 Å². The average molecular weight is 306 g/mol. The molecule has 0 N–H and O–H groups in total. The van der Waals surface area contributed by atoms with E-state index in [-0.39, 0.29) is 0 Å². The van der Waals surface area contributed by atoms with Crippen LogP contribution in [0, 0.1) is 24.0 Å². The molecule has 4 heteroatoms. The van der Waals surface area contributed by atoms with Gasteiger partial charge in [0.25, 0.3) is 0 Å². The van der Waals surface area contributed by atoms with Crippen molar-refractivity contribution in [2.45, 2.75) is 20.4 Å². The summed E-state index contributed by atoms with van der Waals surface area (Å²) >= 11 is 0. The second-order valence-corrected chi connectivity index (χ2v) is 5.76. The lowest BCUT2D eigenvalue weighted by atomic mass is 10.1. The fraction of sp³-hybridized carbons (Fsp3) is 0.158. The molecular formula is C19H18N2O2. The Hall–Kier alpha value is -2.88. The van der Waals surface area contributed by atoms with Crippen LogP contribution in [0.15, 0.2) is 54.9 Å². The van der Waals surface area contributed by atoms with Crippen molar-refractivity contribution >= 4 is 17.0 Å². The third-order valence-corrected chi connectivity index (χ3v) is 4.04. The van der Waals surface area contributed by atoms with Crippen LogP contribution in [-0.4, -0.2) is 9.49 Å². The standard InChI is InChI=1S/C19H18N2O2/c1-14-7-8-15(2)17(11-14)13-20-12-16(9-10-21(22)23)18-5-3-4-6-19(18)20/h3-12H,13H2,1-2H3. The van der Waals surface area contributed by atoms with Gasteiger partial charge in [0, 0.05) is 35.3 Å². The van der Waals surface area contributed by atoms with Gasteiger partial charge in [0.05, 0.1) is 4.92 Å². The number of fused-ring (bicyclic) bond motifs is 1. The summed E-state index contributed by atoms with van der Waals surface area (Å²) in [7, 11) is 0. The zero-order valence-corrected chi connectivity index (χ0v) is 13.2. The summed E-state index contributed by atoms with van der Waals surface area (Å²) in [5.74, 6) is 0. The highest BCUT2D eigenvalue weighted by atomic mass is 16.6. The minimum Gasteiger partial charge on any atom is -0.342 e. The van der Waals surface area contributed by atoms with Crippen molar-refractivity contribution in [1.29, 1.82) is 0 Å². The molecule has 2 aromatic carbocycles. The number of benzene rings is 2. The van der Waals surface area contributed by atoms with E-state index in [4.69, 9.17) is 0 Å². The van der Waals surface area contributed by atoms with Crippen LogP contribution < -0.4 is 0 Å². The molecular weight excluding hydrogens is 288 g/mol. The van der Waals surface area contributed by atoms with E-state index in [2.05, 4.69) is 36.6 Å². The Bertz CT molecular complexity index is 907. The van der Waals surface area contributed by atoms with Gasteiger partial charge in [-0.15, -0.1) is 0 Å². The molecule has 0 aliphatic carbocycles. The van der Waals surface area contributed by atoms with E-state index in [0.29, 0.717) is 0 Å². The van der Waals surface area contributed by atoms with Crippen LogP contribution in [-0.2, 0) is 6.54 Å². The molecule has 0 aliphatic heterocycles. The van der Waals surface area contributed by atoms with Gasteiger partial charge < -0.3 is 4.57 Å². The lowest BCUT2D eigenvalue weighted by molar-refractivity contribution is -0.400. The van der Waals surface area contributed by atoms with Gasteiger partial charge >= 0.3 is 0 Å². The summed E-state index contributed by atoms with van der Waals surface area (Å²) in [5.41, 5.74) is 5.68. The molecule has 4 nitrogen and oxygen atoms in total. The van der Waals surface area contributed by atoms with E-state index in [1.807, 2.05) is 30.5 Å². The first kappa shape index (κ1) is 15.0. The average Bonchev–Trinajstić information content (AvgIpc) is 2.87. The van der Waals surface area contributed by atoms with Gasteiger partial charge in [0.2, 0.25) is 6.20 Å². The third-order valence-electron chi connectivity index (χ3n) is 4.04. The van der Waals surface area contributed by atoms with Gasteiger partial charge in [-0.2, -0.15) is 0 Å². The molecule has 0 saturated carbocycles. The molecule has 3 rings (SSSR count). The maximum atomic E-state index is 10.6. The number of hydrogen-bond donors (Lipinski definition) is 0. The predicted molar refractivity (Wildman–Crippen MR) is 93.0 cm³/mol. The van der Waals surface area contributed by atoms with Crippen LogP contribution in [0.5, 0.6) is 0 Å². The molecule has 0 aliphatic rings. The fourth-order valence-electron chi connectivity index (χ4n) is 2.83. The Balaban J connectivity index is 2.07. The Morgan fingerprint density at radius 1 is 1.17 bits per heavy atom. The molecule has 0 fully saturated rings. The largest absolute Gasteiger partial charge is 0.342 e. The van der Waals surface area contributed by atoms with E-state index in [0.717, 1.165) is 29.2 Å². The van der Waals surface area contributed by atoms with Gasteiger partial charge in [0.1, 0.15) is 0 Å². The summed E-state index contributed by atoms with van der Waals surface area (Å²) in [6.45, 7) is 4.94. The monoisotopic (exact) mass is 306 g/mol. The Labute approximate surface area is 134 Å². The molecule has 23 heavy (non-hydrogen) atoms. The quantitative estimate of drug-likeness (QED) is 0.524. The minimum absolute atomic E-state index is 0.434. The Morgan fingerprint density at radius 2 is 1.96 bits per heavy atom. The Kier molecular flexibility index (Phi) is 3.98. The number of aromatic nitrogens is 1. The van der Waals surface area contributed by atoms with Crippen LogP contribution in [0.4, 0.5) is 0 Å². The summed E-state index contributed by atoms with van der Waals surface area (Å²) in [6.07, 6.45) is 4.53. The molecule has 0 atom stereocenters. The first-order valence-electron chi connectivity index (χ1n) is 7.50. The maximum absolute atomic E-state index is 10.6. The highest BCUT2D eigenvalue weighted by molar-refractivity contribution is 5.89. The van der Waals surface area contributed by atoms with E-state index in [9.17, 15) is 10.1 Å². The predicted octanol–water partition coefficient (Wildman–Crippen LogP) is 4.55. The molecule has 0 bridgehead atoms. The maximum Gasteiger partial charge on any atom is 0.235 e. The van der Waals surface area contributed by atoms with Crippen molar-refractivity contribution in [2.24, 2.45) is 0 Å². The summed E-state index contributed by atoms with van der Waals surface area (Å²) in [4.78, 5) is 10.2. The van der Waals surface area contributed by atoms with E-state index >= 15 is 0 Å². The van der Waals surface area contributed by atoms with Crippen molar-refractivity contribution in [1.82, 2.24) is 4.57 Å². The molecule has 0 spiro atoms. The van der Waals surface area contributed by atoms with E-state index in [1.54, 1.807) is 6.08 Å². The molecule has 0 radical (unpaired) electrons. The van der Waals surface area contributed by atoms with Crippen LogP contribution >= 0.6 is 0 Å². The summed E-state index contributed by atoms with van der Waals surface area (Å²) in [5, 5.41) is 11.6. The SMILES string of the molecule is Cc1ccc(C)c(Cn2cc(C=C[N+](=O)[O-])c3ccccc32)c1. The number of para-hydroxylation sites is 1. The minimum atomic E-state index is -0.434. The lowest BCUT2D eigenvalue weighted by Crippen LogP contribution is -2.00. The summed E-state index contributed by atoms with van der Waals surface area (Å²) in [6, 6.07) is 14.4. The molecule has 116 valence electrons. The zero-order chi connectivity index (χ0) is 16.4. The number of rotatable bonds is 4. The highest BCUT2D eigenvalue weighted by Gasteiger charge is 2.08. The van der Waals surface area contributed by atoms with Crippen molar-refractivity contribution < 1.29 is 4.92 Å². The highest BCUT2D eigenvalue weighted by Crippen LogP contribution is 2.24. The summed E-state index contributed by atoms with van der Waals surface area (Å²) < 4.78 is 2.15. The van der Waals surface area contributed by atoms with Crippen molar-refractivity contribution in [3.63, 3.8) is 0 Å². The lowest BCUT2D eigenvalue weighted by Gasteiger charge is -2.09. The van der Waals surface area contributed by atoms with Gasteiger partial charge in [-0.25, -0.2) is 0 Å². The number of nitro groups is 1. The number of nitrogens with zero attached hydrogens (tertiary/aromatic N) is 2. The second kappa shape index (κ2) is 6.08. The third kappa shape index (κ3) is 3.16. The van der Waals surface area contributed by atoms with Crippen LogP contribution in [0.25, 0.3) is 17.0 Å². The van der Waals surface area contributed by atoms with E-state index in [1.165, 1.54) is 16.7 Å². The normalized spacial score (nSPS) is 11.4. The fourth-order valence-corrected chi connectivity index (χ4v) is 2.83. The molecule has 0 saturated heterocycles. The number of aryl methyl sites for hydroxylation is 2. The molecule has 3 aromatic rings. The molecule has 1 heterocycles. The zero-order valence-electron chi connectivity index (χ0n) is 13.2. The smallest absolute Gasteiger partial charge is 0.235 e. The van der Waals surface area contributed by atoms with Gasteiger partial charge in [0.15, 0.2) is 0 Å². The van der Waals surface area contributed by atoms with Crippen molar-refractivity contribution in [2.75, 3.05) is 0 Å². The Morgan fingerprint density at radius 3 is 2.74 bits per heavy atom. The van der Waals surface area contributed by atoms with Crippen LogP contribution in [0.1, 0.15) is 22.3 Å². The van der Waals surface area contributed by atoms with Gasteiger partial charge in [-0.05, 0) is 31.0 Å². The molecule has 1 aromatic heterocycles. The number of hydrogen-bond acceptors (Lipinski definition) is 2. The van der Waals surface area contributed by atoms with Gasteiger partial charge in [-0.3, -0.25) is 10.1 Å². The second-order valence-electron chi connectivity index (χ2n) is 5.76. The molecule has 0 unspecified atom stereocenters. The van der Waals surface area contributed by atoms with Crippen molar-refractivity contribution in [3.8, 4) is 0 Å². The van der Waals surface area contributed by atoms with Gasteiger partial charge in [-0.1, -0.05) is 42.0 Å². The van der Waals surface area contributed by atoms with Crippen LogP contribution in [0.2, 0.25) is 0 Å². The first-order chi connectivity index (χ1) is 11.0. The van der Waals surface area contributed by atoms with E-state index < -0.39 is 4.92 Å². The topological polar surface area (TPSA) is 48.1 Å². The first-order valence-corrected chi connectivity index (χ1v) is 7.50. The molecule has 0 amide bonds.